The largest absolute Gasteiger partial charge is 0.394 e. The molecule has 0 aromatic carbocycles. The summed E-state index contributed by atoms with van der Waals surface area (Å²) >= 11 is 4.99. The summed E-state index contributed by atoms with van der Waals surface area (Å²) < 4.78 is 0. The number of rotatable bonds is 3. The average Bonchev–Trinajstić information content (AvgIpc) is 2.63. The van der Waals surface area contributed by atoms with Crippen molar-refractivity contribution in [2.45, 2.75) is 31.7 Å². The fourth-order valence-corrected chi connectivity index (χ4v) is 2.52. The van der Waals surface area contributed by atoms with Crippen molar-refractivity contribution in [1.82, 2.24) is 4.98 Å². The lowest BCUT2D eigenvalue weighted by molar-refractivity contribution is 0.254. The number of pyridine rings is 1. The van der Waals surface area contributed by atoms with Gasteiger partial charge in [0.05, 0.1) is 12.6 Å². The van der Waals surface area contributed by atoms with Gasteiger partial charge < -0.3 is 15.7 Å². The van der Waals surface area contributed by atoms with E-state index in [0.29, 0.717) is 4.99 Å². The highest BCUT2D eigenvalue weighted by Gasteiger charge is 2.21. The Hall–Kier alpha value is -1.20. The summed E-state index contributed by atoms with van der Waals surface area (Å²) in [7, 11) is 0. The lowest BCUT2D eigenvalue weighted by atomic mass is 10.1. The lowest BCUT2D eigenvalue weighted by Gasteiger charge is -2.29. The number of aliphatic hydroxyl groups excluding tert-OH is 1. The van der Waals surface area contributed by atoms with Gasteiger partial charge in [-0.3, -0.25) is 0 Å². The van der Waals surface area contributed by atoms with Gasteiger partial charge in [-0.15, -0.1) is 0 Å². The Bertz CT molecular complexity index is 424. The number of aliphatic hydroxyl groups is 1. The second kappa shape index (κ2) is 6.11. The van der Waals surface area contributed by atoms with E-state index in [1.165, 1.54) is 6.42 Å². The van der Waals surface area contributed by atoms with Gasteiger partial charge in [-0.1, -0.05) is 25.1 Å². The standard InChI is InChI=1S/C13H19N3OS/c14-13(18)10-5-6-15-12(8-10)16-7-3-1-2-4-11(16)9-17/h5-6,8,11,17H,1-4,7,9H2,(H2,14,18). The van der Waals surface area contributed by atoms with Crippen LogP contribution in [-0.2, 0) is 0 Å². The van der Waals surface area contributed by atoms with E-state index in [4.69, 9.17) is 18.0 Å². The second-order valence-electron chi connectivity index (χ2n) is 4.65. The number of nitrogens with zero attached hydrogens (tertiary/aromatic N) is 2. The Kier molecular flexibility index (Phi) is 4.49. The highest BCUT2D eigenvalue weighted by atomic mass is 32.1. The van der Waals surface area contributed by atoms with E-state index in [9.17, 15) is 5.11 Å². The van der Waals surface area contributed by atoms with Gasteiger partial charge in [0, 0.05) is 18.3 Å². The molecule has 0 amide bonds. The molecule has 1 saturated heterocycles. The van der Waals surface area contributed by atoms with Crippen LogP contribution in [0.1, 0.15) is 31.2 Å². The number of hydrogen-bond acceptors (Lipinski definition) is 4. The molecule has 5 heteroatoms. The zero-order valence-corrected chi connectivity index (χ0v) is 11.2. The first-order chi connectivity index (χ1) is 8.72. The summed E-state index contributed by atoms with van der Waals surface area (Å²) in [5.41, 5.74) is 6.48. The van der Waals surface area contributed by atoms with Gasteiger partial charge in [-0.25, -0.2) is 4.98 Å². The van der Waals surface area contributed by atoms with Crippen molar-refractivity contribution in [3.05, 3.63) is 23.9 Å². The minimum atomic E-state index is 0.154. The van der Waals surface area contributed by atoms with Crippen LogP contribution >= 0.6 is 12.2 Å². The molecule has 2 heterocycles. The molecule has 1 atom stereocenters. The van der Waals surface area contributed by atoms with Crippen LogP contribution in [0.5, 0.6) is 0 Å². The van der Waals surface area contributed by atoms with Gasteiger partial charge in [-0.2, -0.15) is 0 Å². The molecule has 2 rings (SSSR count). The zero-order chi connectivity index (χ0) is 13.0. The van der Waals surface area contributed by atoms with E-state index in [1.54, 1.807) is 6.20 Å². The van der Waals surface area contributed by atoms with E-state index in [0.717, 1.165) is 37.2 Å². The molecule has 0 radical (unpaired) electrons. The van der Waals surface area contributed by atoms with E-state index < -0.39 is 0 Å². The summed E-state index contributed by atoms with van der Waals surface area (Å²) in [6, 6.07) is 3.88. The molecule has 4 nitrogen and oxygen atoms in total. The smallest absolute Gasteiger partial charge is 0.129 e. The van der Waals surface area contributed by atoms with Crippen LogP contribution in [0.15, 0.2) is 18.3 Å². The average molecular weight is 265 g/mol. The SMILES string of the molecule is NC(=S)c1ccnc(N2CCCCCC2CO)c1. The predicted molar refractivity (Wildman–Crippen MR) is 76.8 cm³/mol. The summed E-state index contributed by atoms with van der Waals surface area (Å²) in [6.45, 7) is 1.10. The Morgan fingerprint density at radius 3 is 3.06 bits per heavy atom. The van der Waals surface area contributed by atoms with Crippen molar-refractivity contribution in [2.24, 2.45) is 5.73 Å². The molecule has 98 valence electrons. The van der Waals surface area contributed by atoms with E-state index in [2.05, 4.69) is 9.88 Å². The first-order valence-corrected chi connectivity index (χ1v) is 6.76. The van der Waals surface area contributed by atoms with Crippen LogP contribution in [0.25, 0.3) is 0 Å². The number of anilines is 1. The Morgan fingerprint density at radius 1 is 1.50 bits per heavy atom. The fraction of sp³-hybridized carbons (Fsp3) is 0.538. The summed E-state index contributed by atoms with van der Waals surface area (Å²) in [6.07, 6.45) is 6.24. The Balaban J connectivity index is 2.26. The molecule has 18 heavy (non-hydrogen) atoms. The maximum Gasteiger partial charge on any atom is 0.129 e. The van der Waals surface area contributed by atoms with Crippen molar-refractivity contribution >= 4 is 23.0 Å². The summed E-state index contributed by atoms with van der Waals surface area (Å²) in [5.74, 6) is 0.862. The second-order valence-corrected chi connectivity index (χ2v) is 5.09. The number of aromatic nitrogens is 1. The van der Waals surface area contributed by atoms with Crippen molar-refractivity contribution < 1.29 is 5.11 Å². The van der Waals surface area contributed by atoms with Crippen molar-refractivity contribution in [3.8, 4) is 0 Å². The first kappa shape index (κ1) is 13.2. The molecule has 0 spiro atoms. The van der Waals surface area contributed by atoms with Gasteiger partial charge >= 0.3 is 0 Å². The topological polar surface area (TPSA) is 62.4 Å². The third-order valence-electron chi connectivity index (χ3n) is 3.41. The van der Waals surface area contributed by atoms with Crippen LogP contribution in [-0.4, -0.2) is 34.3 Å². The molecule has 1 fully saturated rings. The zero-order valence-electron chi connectivity index (χ0n) is 10.4. The maximum atomic E-state index is 9.51. The third-order valence-corrected chi connectivity index (χ3v) is 3.65. The van der Waals surface area contributed by atoms with E-state index in [1.807, 2.05) is 12.1 Å². The third kappa shape index (κ3) is 2.97. The van der Waals surface area contributed by atoms with Crippen LogP contribution in [0.2, 0.25) is 0 Å². The monoisotopic (exact) mass is 265 g/mol. The normalized spacial score (nSPS) is 20.5. The maximum absolute atomic E-state index is 9.51. The van der Waals surface area contributed by atoms with Crippen LogP contribution < -0.4 is 10.6 Å². The van der Waals surface area contributed by atoms with Gasteiger partial charge in [0.2, 0.25) is 0 Å². The molecular formula is C13H19N3OS. The quantitative estimate of drug-likeness (QED) is 0.810. The number of hydrogen-bond donors (Lipinski definition) is 2. The van der Waals surface area contributed by atoms with Gasteiger partial charge in [-0.05, 0) is 25.0 Å². The molecule has 1 aliphatic rings. The Labute approximate surface area is 113 Å². The highest BCUT2D eigenvalue weighted by molar-refractivity contribution is 7.80. The molecule has 0 bridgehead atoms. The molecule has 1 aromatic heterocycles. The van der Waals surface area contributed by atoms with E-state index >= 15 is 0 Å². The van der Waals surface area contributed by atoms with Crippen LogP contribution in [0.3, 0.4) is 0 Å². The van der Waals surface area contributed by atoms with Crippen LogP contribution in [0.4, 0.5) is 5.82 Å². The first-order valence-electron chi connectivity index (χ1n) is 6.35. The van der Waals surface area contributed by atoms with Gasteiger partial charge in [0.1, 0.15) is 10.8 Å². The molecule has 1 aromatic rings. The van der Waals surface area contributed by atoms with Crippen molar-refractivity contribution in [1.29, 1.82) is 0 Å². The number of thiocarbonyl (C=S) groups is 1. The van der Waals surface area contributed by atoms with Crippen LogP contribution in [0, 0.1) is 0 Å². The minimum absolute atomic E-state index is 0.154. The Morgan fingerprint density at radius 2 is 2.33 bits per heavy atom. The summed E-state index contributed by atoms with van der Waals surface area (Å²) in [5, 5.41) is 9.51. The molecule has 3 N–H and O–H groups in total. The van der Waals surface area contributed by atoms with Gasteiger partial charge in [0.15, 0.2) is 0 Å². The van der Waals surface area contributed by atoms with E-state index in [-0.39, 0.29) is 12.6 Å². The molecule has 0 aliphatic carbocycles. The van der Waals surface area contributed by atoms with Crippen molar-refractivity contribution in [3.63, 3.8) is 0 Å². The van der Waals surface area contributed by atoms with Gasteiger partial charge in [0.25, 0.3) is 0 Å². The number of nitrogens with two attached hydrogens (primary N) is 1. The molecule has 1 aliphatic heterocycles. The van der Waals surface area contributed by atoms with Crippen molar-refractivity contribution in [2.75, 3.05) is 18.1 Å². The highest BCUT2D eigenvalue weighted by Crippen LogP contribution is 2.23. The minimum Gasteiger partial charge on any atom is -0.394 e. The fourth-order valence-electron chi connectivity index (χ4n) is 2.40. The lowest BCUT2D eigenvalue weighted by Crippen LogP contribution is -2.38. The summed E-state index contributed by atoms with van der Waals surface area (Å²) in [4.78, 5) is 6.94. The predicted octanol–water partition coefficient (Wildman–Crippen LogP) is 1.46. The molecule has 0 saturated carbocycles. The molecule has 1 unspecified atom stereocenters. The molecular weight excluding hydrogens is 246 g/mol.